The number of aromatic hydroxyl groups is 1. The number of pyridine rings is 1. The van der Waals surface area contributed by atoms with E-state index in [0.29, 0.717) is 18.7 Å². The molecular formula is C24H25N3O2. The third kappa shape index (κ3) is 4.24. The number of benzene rings is 2. The number of carbonyl (C=O) groups excluding carboxylic acids is 1. The van der Waals surface area contributed by atoms with Crippen LogP contribution in [-0.2, 0) is 19.5 Å². The molecule has 0 unspecified atom stereocenters. The van der Waals surface area contributed by atoms with Crippen LogP contribution in [0, 0.1) is 0 Å². The molecule has 0 saturated heterocycles. The second-order valence-corrected chi connectivity index (χ2v) is 7.35. The van der Waals surface area contributed by atoms with Crippen molar-refractivity contribution in [2.45, 2.75) is 26.4 Å². The normalized spacial score (nSPS) is 13.1. The number of phenolic OH excluding ortho intramolecular Hbond substituents is 1. The molecule has 3 aromatic rings. The number of amides is 1. The maximum Gasteiger partial charge on any atom is 0.254 e. The van der Waals surface area contributed by atoms with Crippen LogP contribution in [0.2, 0.25) is 0 Å². The minimum atomic E-state index is 0.0285. The van der Waals surface area contributed by atoms with Crippen LogP contribution in [0.1, 0.15) is 34.0 Å². The number of carbonyl (C=O) groups is 1. The van der Waals surface area contributed by atoms with E-state index < -0.39 is 0 Å². The molecule has 29 heavy (non-hydrogen) atoms. The molecule has 1 aliphatic heterocycles. The molecule has 148 valence electrons. The minimum Gasteiger partial charge on any atom is -0.508 e. The molecular weight excluding hydrogens is 362 g/mol. The zero-order valence-electron chi connectivity index (χ0n) is 16.6. The van der Waals surface area contributed by atoms with Crippen LogP contribution in [-0.4, -0.2) is 34.0 Å². The summed E-state index contributed by atoms with van der Waals surface area (Å²) in [7, 11) is 0. The zero-order chi connectivity index (χ0) is 20.2. The maximum atomic E-state index is 13.2. The highest BCUT2D eigenvalue weighted by atomic mass is 16.3. The summed E-state index contributed by atoms with van der Waals surface area (Å²) in [6.07, 6.45) is 4.41. The SMILES string of the molecule is CCN(Cc1ccncc1)c1cccc(C(=O)N2CCc3ccc(O)cc3C2)c1. The molecule has 0 radical (unpaired) electrons. The maximum absolute atomic E-state index is 13.2. The quantitative estimate of drug-likeness (QED) is 0.719. The number of aromatic nitrogens is 1. The van der Waals surface area contributed by atoms with Crippen molar-refractivity contribution in [3.05, 3.63) is 89.2 Å². The Morgan fingerprint density at radius 1 is 1.10 bits per heavy atom. The Morgan fingerprint density at radius 2 is 1.93 bits per heavy atom. The molecule has 1 aromatic heterocycles. The van der Waals surface area contributed by atoms with Gasteiger partial charge in [0, 0.05) is 49.8 Å². The van der Waals surface area contributed by atoms with Crippen molar-refractivity contribution in [2.75, 3.05) is 18.0 Å². The van der Waals surface area contributed by atoms with Crippen molar-refractivity contribution in [1.82, 2.24) is 9.88 Å². The summed E-state index contributed by atoms with van der Waals surface area (Å²) in [5, 5.41) is 9.76. The third-order valence-corrected chi connectivity index (χ3v) is 5.45. The lowest BCUT2D eigenvalue weighted by molar-refractivity contribution is 0.0734. The van der Waals surface area contributed by atoms with Crippen LogP contribution in [0.5, 0.6) is 5.75 Å². The van der Waals surface area contributed by atoms with Gasteiger partial charge in [0.1, 0.15) is 5.75 Å². The van der Waals surface area contributed by atoms with Gasteiger partial charge in [0.2, 0.25) is 0 Å². The van der Waals surface area contributed by atoms with E-state index in [1.54, 1.807) is 24.5 Å². The molecule has 1 amide bonds. The van der Waals surface area contributed by atoms with Crippen molar-refractivity contribution >= 4 is 11.6 Å². The Labute approximate surface area is 171 Å². The van der Waals surface area contributed by atoms with E-state index in [9.17, 15) is 9.90 Å². The van der Waals surface area contributed by atoms with Crippen LogP contribution >= 0.6 is 0 Å². The van der Waals surface area contributed by atoms with Crippen molar-refractivity contribution in [2.24, 2.45) is 0 Å². The van der Waals surface area contributed by atoms with Crippen LogP contribution in [0.25, 0.3) is 0 Å². The van der Waals surface area contributed by atoms with Gasteiger partial charge in [0.15, 0.2) is 0 Å². The first-order chi connectivity index (χ1) is 14.1. The standard InChI is InChI=1S/C24H25N3O2/c1-2-26(16-18-8-11-25-12-9-18)22-5-3-4-20(14-22)24(29)27-13-10-19-6-7-23(28)15-21(19)17-27/h3-9,11-12,14-15,28H,2,10,13,16-17H2,1H3. The van der Waals surface area contributed by atoms with E-state index >= 15 is 0 Å². The van der Waals surface area contributed by atoms with Crippen LogP contribution in [0.4, 0.5) is 5.69 Å². The monoisotopic (exact) mass is 387 g/mol. The highest BCUT2D eigenvalue weighted by Crippen LogP contribution is 2.25. The lowest BCUT2D eigenvalue weighted by Crippen LogP contribution is -2.36. The summed E-state index contributed by atoms with van der Waals surface area (Å²) in [6, 6.07) is 17.3. The zero-order valence-corrected chi connectivity index (χ0v) is 16.6. The summed E-state index contributed by atoms with van der Waals surface area (Å²) in [6.45, 7) is 4.95. The highest BCUT2D eigenvalue weighted by Gasteiger charge is 2.22. The van der Waals surface area contributed by atoms with Gasteiger partial charge in [0.05, 0.1) is 0 Å². The Hall–Kier alpha value is -3.34. The Bertz CT molecular complexity index is 1000. The molecule has 0 saturated carbocycles. The van der Waals surface area contributed by atoms with Gasteiger partial charge in [-0.2, -0.15) is 0 Å². The summed E-state index contributed by atoms with van der Waals surface area (Å²) >= 11 is 0. The predicted molar refractivity (Wildman–Crippen MR) is 114 cm³/mol. The second kappa shape index (κ2) is 8.35. The van der Waals surface area contributed by atoms with Crippen LogP contribution in [0.15, 0.2) is 67.0 Å². The van der Waals surface area contributed by atoms with E-state index in [1.165, 1.54) is 11.1 Å². The van der Waals surface area contributed by atoms with Gasteiger partial charge in [0.25, 0.3) is 5.91 Å². The fourth-order valence-corrected chi connectivity index (χ4v) is 3.83. The van der Waals surface area contributed by atoms with Crippen molar-refractivity contribution in [1.29, 1.82) is 0 Å². The fourth-order valence-electron chi connectivity index (χ4n) is 3.83. The van der Waals surface area contributed by atoms with E-state index in [4.69, 9.17) is 0 Å². The molecule has 1 aliphatic rings. The molecule has 0 aliphatic carbocycles. The molecule has 4 rings (SSSR count). The lowest BCUT2D eigenvalue weighted by Gasteiger charge is -2.29. The number of hydrogen-bond acceptors (Lipinski definition) is 4. The van der Waals surface area contributed by atoms with Gasteiger partial charge in [-0.1, -0.05) is 12.1 Å². The van der Waals surface area contributed by atoms with Gasteiger partial charge in [-0.3, -0.25) is 9.78 Å². The third-order valence-electron chi connectivity index (χ3n) is 5.45. The first-order valence-electron chi connectivity index (χ1n) is 9.98. The van der Waals surface area contributed by atoms with Crippen molar-refractivity contribution < 1.29 is 9.90 Å². The van der Waals surface area contributed by atoms with Crippen molar-refractivity contribution in [3.8, 4) is 5.75 Å². The molecule has 0 bridgehead atoms. The van der Waals surface area contributed by atoms with E-state index in [-0.39, 0.29) is 11.7 Å². The molecule has 2 aromatic carbocycles. The largest absolute Gasteiger partial charge is 0.508 e. The molecule has 0 fully saturated rings. The molecule has 0 atom stereocenters. The Kier molecular flexibility index (Phi) is 5.47. The molecule has 0 spiro atoms. The molecule has 1 N–H and O–H groups in total. The Morgan fingerprint density at radius 3 is 2.72 bits per heavy atom. The predicted octanol–water partition coefficient (Wildman–Crippen LogP) is 4.01. The molecule has 5 nitrogen and oxygen atoms in total. The van der Waals surface area contributed by atoms with E-state index in [0.717, 1.165) is 30.8 Å². The van der Waals surface area contributed by atoms with E-state index in [2.05, 4.69) is 16.8 Å². The topological polar surface area (TPSA) is 56.7 Å². The second-order valence-electron chi connectivity index (χ2n) is 7.35. The Balaban J connectivity index is 1.53. The summed E-state index contributed by atoms with van der Waals surface area (Å²) in [4.78, 5) is 21.3. The summed E-state index contributed by atoms with van der Waals surface area (Å²) in [5.74, 6) is 0.274. The van der Waals surface area contributed by atoms with Gasteiger partial charge < -0.3 is 14.9 Å². The number of rotatable bonds is 5. The molecule has 5 heteroatoms. The van der Waals surface area contributed by atoms with Gasteiger partial charge in [-0.05, 0) is 72.5 Å². The summed E-state index contributed by atoms with van der Waals surface area (Å²) in [5.41, 5.74) is 5.14. The molecule has 2 heterocycles. The van der Waals surface area contributed by atoms with E-state index in [1.807, 2.05) is 47.4 Å². The fraction of sp³-hybridized carbons (Fsp3) is 0.250. The summed E-state index contributed by atoms with van der Waals surface area (Å²) < 4.78 is 0. The average Bonchev–Trinajstić information content (AvgIpc) is 2.77. The smallest absolute Gasteiger partial charge is 0.254 e. The highest BCUT2D eigenvalue weighted by molar-refractivity contribution is 5.95. The first-order valence-corrected chi connectivity index (χ1v) is 9.98. The van der Waals surface area contributed by atoms with Crippen LogP contribution in [0.3, 0.4) is 0 Å². The lowest BCUT2D eigenvalue weighted by atomic mass is 9.98. The number of nitrogens with zero attached hydrogens (tertiary/aromatic N) is 3. The number of anilines is 1. The number of fused-ring (bicyclic) bond motifs is 1. The first kappa shape index (κ1) is 19.0. The van der Waals surface area contributed by atoms with Gasteiger partial charge in [-0.15, -0.1) is 0 Å². The number of phenols is 1. The van der Waals surface area contributed by atoms with Gasteiger partial charge in [-0.25, -0.2) is 0 Å². The number of hydrogen-bond donors (Lipinski definition) is 1. The average molecular weight is 387 g/mol. The van der Waals surface area contributed by atoms with Gasteiger partial charge >= 0.3 is 0 Å². The van der Waals surface area contributed by atoms with Crippen molar-refractivity contribution in [3.63, 3.8) is 0 Å². The minimum absolute atomic E-state index is 0.0285. The van der Waals surface area contributed by atoms with Crippen LogP contribution < -0.4 is 4.90 Å².